The molecule has 0 saturated heterocycles. The van der Waals surface area contributed by atoms with Crippen molar-refractivity contribution in [2.24, 2.45) is 5.92 Å². The van der Waals surface area contributed by atoms with E-state index < -0.39 is 0 Å². The van der Waals surface area contributed by atoms with Crippen molar-refractivity contribution in [1.29, 1.82) is 10.5 Å². The first-order chi connectivity index (χ1) is 12.5. The third kappa shape index (κ3) is 4.40. The van der Waals surface area contributed by atoms with Crippen molar-refractivity contribution < 1.29 is 4.79 Å². The number of nitrogen functional groups attached to an aromatic ring is 1. The summed E-state index contributed by atoms with van der Waals surface area (Å²) in [7, 11) is 0. The van der Waals surface area contributed by atoms with Crippen molar-refractivity contribution in [2.45, 2.75) is 26.7 Å². The predicted molar refractivity (Wildman–Crippen MR) is 98.3 cm³/mol. The number of benzene rings is 1. The molecule has 26 heavy (non-hydrogen) atoms. The Morgan fingerprint density at radius 2 is 1.96 bits per heavy atom. The number of hydrogen-bond donors (Lipinski definition) is 1. The van der Waals surface area contributed by atoms with E-state index in [0.717, 1.165) is 6.42 Å². The van der Waals surface area contributed by atoms with Crippen LogP contribution in [0.4, 0.5) is 5.82 Å². The number of nitriles is 2. The van der Waals surface area contributed by atoms with Crippen LogP contribution in [0, 0.1) is 28.6 Å². The maximum absolute atomic E-state index is 12.8. The zero-order chi connectivity index (χ0) is 19.1. The zero-order valence-electron chi connectivity index (χ0n) is 15.0. The second kappa shape index (κ2) is 8.68. The summed E-state index contributed by atoms with van der Waals surface area (Å²) >= 11 is 0. The first-order valence-corrected chi connectivity index (χ1v) is 8.48. The Kier molecular flexibility index (Phi) is 6.35. The molecule has 0 aliphatic rings. The molecule has 1 heterocycles. The van der Waals surface area contributed by atoms with E-state index in [0.29, 0.717) is 42.2 Å². The molecule has 0 aliphatic heterocycles. The molecule has 0 radical (unpaired) electrons. The molecule has 0 fully saturated rings. The highest BCUT2D eigenvalue weighted by Gasteiger charge is 2.16. The van der Waals surface area contributed by atoms with Gasteiger partial charge in [0.2, 0.25) is 0 Å². The number of carbonyl (C=O) groups excluding carboxylic acids is 1. The SMILES string of the molecule is CC(C)CCN(CCC#N)C(=O)c1ccc(-n2ncc(C#N)c2N)cc1. The normalized spacial score (nSPS) is 10.3. The molecule has 1 aromatic heterocycles. The Balaban J connectivity index is 2.19. The molecule has 0 aliphatic carbocycles. The van der Waals surface area contributed by atoms with Gasteiger partial charge in [-0.05, 0) is 36.6 Å². The average molecular weight is 350 g/mol. The highest BCUT2D eigenvalue weighted by molar-refractivity contribution is 5.94. The quantitative estimate of drug-likeness (QED) is 0.825. The van der Waals surface area contributed by atoms with E-state index >= 15 is 0 Å². The van der Waals surface area contributed by atoms with E-state index in [9.17, 15) is 4.79 Å². The van der Waals surface area contributed by atoms with Gasteiger partial charge in [0.15, 0.2) is 0 Å². The summed E-state index contributed by atoms with van der Waals surface area (Å²) < 4.78 is 1.46. The van der Waals surface area contributed by atoms with Gasteiger partial charge < -0.3 is 10.6 Å². The van der Waals surface area contributed by atoms with E-state index in [-0.39, 0.29) is 11.7 Å². The fraction of sp³-hybridized carbons (Fsp3) is 0.368. The topological polar surface area (TPSA) is 112 Å². The van der Waals surface area contributed by atoms with Crippen LogP contribution < -0.4 is 5.73 Å². The molecule has 0 saturated carbocycles. The molecule has 2 rings (SSSR count). The fourth-order valence-electron chi connectivity index (χ4n) is 2.49. The molecule has 1 aromatic carbocycles. The first-order valence-electron chi connectivity index (χ1n) is 8.48. The van der Waals surface area contributed by atoms with Gasteiger partial charge in [-0.1, -0.05) is 13.8 Å². The molecule has 7 nitrogen and oxygen atoms in total. The number of hydrogen-bond acceptors (Lipinski definition) is 5. The standard InChI is InChI=1S/C19H22N6O/c1-14(2)8-11-24(10-3-9-20)19(26)15-4-6-17(7-5-15)25-18(22)16(12-21)13-23-25/h4-7,13-14H,3,8,10-11,22H2,1-2H3. The van der Waals surface area contributed by atoms with Crippen molar-refractivity contribution in [3.63, 3.8) is 0 Å². The number of anilines is 1. The van der Waals surface area contributed by atoms with Gasteiger partial charge in [-0.2, -0.15) is 15.6 Å². The molecule has 1 amide bonds. The number of nitrogens with two attached hydrogens (primary N) is 1. The van der Waals surface area contributed by atoms with Gasteiger partial charge in [-0.15, -0.1) is 0 Å². The summed E-state index contributed by atoms with van der Waals surface area (Å²) in [6.45, 7) is 5.25. The summed E-state index contributed by atoms with van der Waals surface area (Å²) in [5, 5.41) is 21.9. The predicted octanol–water partition coefficient (Wildman–Crippen LogP) is 2.73. The lowest BCUT2D eigenvalue weighted by molar-refractivity contribution is 0.0752. The second-order valence-corrected chi connectivity index (χ2v) is 6.40. The molecule has 134 valence electrons. The molecule has 2 aromatic rings. The number of aromatic nitrogens is 2. The fourth-order valence-corrected chi connectivity index (χ4v) is 2.49. The average Bonchev–Trinajstić information content (AvgIpc) is 3.02. The van der Waals surface area contributed by atoms with Gasteiger partial charge in [0.05, 0.1) is 24.4 Å². The molecule has 0 spiro atoms. The van der Waals surface area contributed by atoms with E-state index in [1.165, 1.54) is 10.9 Å². The molecule has 0 atom stereocenters. The Bertz CT molecular complexity index is 838. The Labute approximate surface area is 153 Å². The van der Waals surface area contributed by atoms with E-state index in [1.807, 2.05) is 6.07 Å². The van der Waals surface area contributed by atoms with Gasteiger partial charge >= 0.3 is 0 Å². The molecule has 2 N–H and O–H groups in total. The third-order valence-corrected chi connectivity index (χ3v) is 4.04. The van der Waals surface area contributed by atoms with Crippen molar-refractivity contribution >= 4 is 11.7 Å². The van der Waals surface area contributed by atoms with Gasteiger partial charge in [-0.25, -0.2) is 4.68 Å². The lowest BCUT2D eigenvalue weighted by atomic mass is 10.1. The lowest BCUT2D eigenvalue weighted by Crippen LogP contribution is -2.33. The monoisotopic (exact) mass is 350 g/mol. The van der Waals surface area contributed by atoms with Crippen molar-refractivity contribution in [3.05, 3.63) is 41.6 Å². The number of nitrogens with zero attached hydrogens (tertiary/aromatic N) is 5. The largest absolute Gasteiger partial charge is 0.382 e. The number of carbonyl (C=O) groups is 1. The van der Waals surface area contributed by atoms with Gasteiger partial charge in [-0.3, -0.25) is 4.79 Å². The van der Waals surface area contributed by atoms with Crippen LogP contribution in [-0.2, 0) is 0 Å². The highest BCUT2D eigenvalue weighted by Crippen LogP contribution is 2.18. The minimum absolute atomic E-state index is 0.0985. The Morgan fingerprint density at radius 1 is 1.27 bits per heavy atom. The van der Waals surface area contributed by atoms with Crippen LogP contribution in [0.2, 0.25) is 0 Å². The molecule has 0 bridgehead atoms. The van der Waals surface area contributed by atoms with Crippen LogP contribution >= 0.6 is 0 Å². The maximum atomic E-state index is 12.8. The first kappa shape index (κ1) is 19.0. The van der Waals surface area contributed by atoms with E-state index in [1.54, 1.807) is 29.2 Å². The van der Waals surface area contributed by atoms with Crippen LogP contribution in [0.25, 0.3) is 5.69 Å². The van der Waals surface area contributed by atoms with E-state index in [4.69, 9.17) is 16.3 Å². The van der Waals surface area contributed by atoms with Crippen LogP contribution in [0.15, 0.2) is 30.5 Å². The molecule has 0 unspecified atom stereocenters. The van der Waals surface area contributed by atoms with Gasteiger partial charge in [0.25, 0.3) is 5.91 Å². The van der Waals surface area contributed by atoms with Crippen molar-refractivity contribution in [3.8, 4) is 17.8 Å². The van der Waals surface area contributed by atoms with Crippen molar-refractivity contribution in [1.82, 2.24) is 14.7 Å². The van der Waals surface area contributed by atoms with Gasteiger partial charge in [0.1, 0.15) is 17.5 Å². The Hall–Kier alpha value is -3.32. The number of amides is 1. The minimum Gasteiger partial charge on any atom is -0.382 e. The highest BCUT2D eigenvalue weighted by atomic mass is 16.2. The Morgan fingerprint density at radius 3 is 2.50 bits per heavy atom. The zero-order valence-corrected chi connectivity index (χ0v) is 15.0. The molecule has 7 heteroatoms. The third-order valence-electron chi connectivity index (χ3n) is 4.04. The van der Waals surface area contributed by atoms with Crippen LogP contribution in [0.5, 0.6) is 0 Å². The maximum Gasteiger partial charge on any atom is 0.253 e. The van der Waals surface area contributed by atoms with Crippen LogP contribution in [-0.4, -0.2) is 33.7 Å². The smallest absolute Gasteiger partial charge is 0.253 e. The van der Waals surface area contributed by atoms with Crippen LogP contribution in [0.1, 0.15) is 42.6 Å². The van der Waals surface area contributed by atoms with Crippen molar-refractivity contribution in [2.75, 3.05) is 18.8 Å². The second-order valence-electron chi connectivity index (χ2n) is 6.40. The van der Waals surface area contributed by atoms with E-state index in [2.05, 4.69) is 25.0 Å². The molecular weight excluding hydrogens is 328 g/mol. The van der Waals surface area contributed by atoms with Gasteiger partial charge in [0, 0.05) is 18.7 Å². The molecular formula is C19H22N6O. The summed E-state index contributed by atoms with van der Waals surface area (Å²) in [5.74, 6) is 0.643. The summed E-state index contributed by atoms with van der Waals surface area (Å²) in [4.78, 5) is 14.5. The summed E-state index contributed by atoms with van der Waals surface area (Å²) in [6, 6.07) is 11.0. The summed E-state index contributed by atoms with van der Waals surface area (Å²) in [5.41, 5.74) is 7.41. The number of rotatable bonds is 7. The summed E-state index contributed by atoms with van der Waals surface area (Å²) in [6.07, 6.45) is 2.60. The van der Waals surface area contributed by atoms with Crippen LogP contribution in [0.3, 0.4) is 0 Å². The minimum atomic E-state index is -0.0985. The lowest BCUT2D eigenvalue weighted by Gasteiger charge is -2.22.